The van der Waals surface area contributed by atoms with E-state index >= 15 is 0 Å². The fourth-order valence-electron chi connectivity index (χ4n) is 1.36. The van der Waals surface area contributed by atoms with Crippen molar-refractivity contribution in [3.05, 3.63) is 35.4 Å². The van der Waals surface area contributed by atoms with Crippen LogP contribution in [0.5, 0.6) is 0 Å². The van der Waals surface area contributed by atoms with Gasteiger partial charge in [0.15, 0.2) is 0 Å². The first-order valence-electron chi connectivity index (χ1n) is 4.40. The van der Waals surface area contributed by atoms with Crippen LogP contribution in [0.25, 0.3) is 0 Å². The molecule has 0 aromatic heterocycles. The Bertz CT molecular complexity index is 524. The fourth-order valence-corrected chi connectivity index (χ4v) is 2.11. The molecule has 8 heteroatoms. The van der Waals surface area contributed by atoms with Gasteiger partial charge in [-0.1, -0.05) is 6.07 Å². The van der Waals surface area contributed by atoms with Gasteiger partial charge in [0.25, 0.3) is 10.1 Å². The van der Waals surface area contributed by atoms with Crippen LogP contribution < -0.4 is 5.73 Å². The highest BCUT2D eigenvalue weighted by Gasteiger charge is 2.29. The zero-order chi connectivity index (χ0) is 13.2. The maximum absolute atomic E-state index is 13.3. The highest BCUT2D eigenvalue weighted by molar-refractivity contribution is 7.85. The van der Waals surface area contributed by atoms with E-state index in [1.54, 1.807) is 0 Å². The Morgan fingerprint density at radius 2 is 1.82 bits per heavy atom. The summed E-state index contributed by atoms with van der Waals surface area (Å²) in [5.41, 5.74) is 4.10. The molecule has 1 aromatic carbocycles. The molecule has 5 nitrogen and oxygen atoms in total. The first-order valence-corrected chi connectivity index (χ1v) is 6.01. The highest BCUT2D eigenvalue weighted by atomic mass is 32.2. The topological polar surface area (TPSA) is 97.5 Å². The van der Waals surface area contributed by atoms with Gasteiger partial charge in [-0.05, 0) is 12.1 Å². The number of nitrogens with two attached hydrogens (primary N) is 1. The standard InChI is InChI=1S/C9H9F2NO4S/c10-6-2-1-3-7(11)8(6)5(9(12)13)4-17(14,15)16/h1-3,5H,4H2,(H2,12,13)(H,14,15,16). The Morgan fingerprint density at radius 3 is 2.18 bits per heavy atom. The second-order valence-electron chi connectivity index (χ2n) is 3.34. The van der Waals surface area contributed by atoms with Crippen LogP contribution in [0.4, 0.5) is 8.78 Å². The molecule has 1 amide bonds. The molecule has 0 bridgehead atoms. The molecule has 0 saturated carbocycles. The molecule has 1 atom stereocenters. The molecule has 1 unspecified atom stereocenters. The average Bonchev–Trinajstić information content (AvgIpc) is 2.13. The van der Waals surface area contributed by atoms with Gasteiger partial charge in [0.2, 0.25) is 5.91 Å². The van der Waals surface area contributed by atoms with Crippen LogP contribution in [-0.4, -0.2) is 24.6 Å². The van der Waals surface area contributed by atoms with Gasteiger partial charge in [-0.3, -0.25) is 9.35 Å². The van der Waals surface area contributed by atoms with E-state index in [0.717, 1.165) is 18.2 Å². The number of primary amides is 1. The minimum absolute atomic E-state index is 0.766. The van der Waals surface area contributed by atoms with E-state index in [0.29, 0.717) is 0 Å². The largest absolute Gasteiger partial charge is 0.369 e. The minimum Gasteiger partial charge on any atom is -0.369 e. The zero-order valence-corrected chi connectivity index (χ0v) is 9.25. The summed E-state index contributed by atoms with van der Waals surface area (Å²) in [7, 11) is -4.58. The van der Waals surface area contributed by atoms with Crippen LogP contribution in [-0.2, 0) is 14.9 Å². The van der Waals surface area contributed by atoms with Crippen molar-refractivity contribution in [2.45, 2.75) is 5.92 Å². The smallest absolute Gasteiger partial charge is 0.265 e. The summed E-state index contributed by atoms with van der Waals surface area (Å²) < 4.78 is 56.5. The number of hydrogen-bond acceptors (Lipinski definition) is 3. The average molecular weight is 265 g/mol. The number of carbonyl (C=O) groups excluding carboxylic acids is 1. The van der Waals surface area contributed by atoms with Gasteiger partial charge in [-0.25, -0.2) is 8.78 Å². The highest BCUT2D eigenvalue weighted by Crippen LogP contribution is 2.23. The SMILES string of the molecule is NC(=O)C(CS(=O)(=O)O)c1c(F)cccc1F. The van der Waals surface area contributed by atoms with Crippen molar-refractivity contribution in [3.63, 3.8) is 0 Å². The van der Waals surface area contributed by atoms with Gasteiger partial charge < -0.3 is 5.73 Å². The Hall–Kier alpha value is -1.54. The van der Waals surface area contributed by atoms with E-state index in [4.69, 9.17) is 10.3 Å². The second kappa shape index (κ2) is 4.76. The molecule has 0 fully saturated rings. The molecule has 0 heterocycles. The summed E-state index contributed by atoms with van der Waals surface area (Å²) >= 11 is 0. The van der Waals surface area contributed by atoms with Gasteiger partial charge in [-0.2, -0.15) is 8.42 Å². The lowest BCUT2D eigenvalue weighted by atomic mass is 9.99. The normalized spacial score (nSPS) is 13.4. The van der Waals surface area contributed by atoms with E-state index in [9.17, 15) is 22.0 Å². The molecule has 1 rings (SSSR count). The van der Waals surface area contributed by atoms with Crippen LogP contribution in [0.3, 0.4) is 0 Å². The lowest BCUT2D eigenvalue weighted by molar-refractivity contribution is -0.119. The van der Waals surface area contributed by atoms with Gasteiger partial charge in [0.1, 0.15) is 11.6 Å². The summed E-state index contributed by atoms with van der Waals surface area (Å²) in [5, 5.41) is 0. The summed E-state index contributed by atoms with van der Waals surface area (Å²) in [5.74, 6) is -6.38. The van der Waals surface area contributed by atoms with Gasteiger partial charge in [0.05, 0.1) is 11.7 Å². The monoisotopic (exact) mass is 265 g/mol. The summed E-state index contributed by atoms with van der Waals surface area (Å²) in [6, 6.07) is 2.77. The third-order valence-corrected chi connectivity index (χ3v) is 2.82. The summed E-state index contributed by atoms with van der Waals surface area (Å²) in [6.45, 7) is 0. The van der Waals surface area contributed by atoms with E-state index in [1.807, 2.05) is 0 Å². The minimum atomic E-state index is -4.58. The number of rotatable bonds is 4. The first kappa shape index (κ1) is 13.5. The summed E-state index contributed by atoms with van der Waals surface area (Å²) in [6.07, 6.45) is 0. The number of carbonyl (C=O) groups is 1. The van der Waals surface area contributed by atoms with Crippen LogP contribution in [0.15, 0.2) is 18.2 Å². The molecular weight excluding hydrogens is 256 g/mol. The Kier molecular flexibility index (Phi) is 3.79. The molecule has 0 saturated heterocycles. The predicted molar refractivity (Wildman–Crippen MR) is 54.7 cm³/mol. The molecule has 0 aliphatic carbocycles. The molecule has 17 heavy (non-hydrogen) atoms. The van der Waals surface area contributed by atoms with Crippen molar-refractivity contribution < 1.29 is 26.5 Å². The molecule has 0 aliphatic heterocycles. The van der Waals surface area contributed by atoms with Crippen LogP contribution >= 0.6 is 0 Å². The third-order valence-electron chi connectivity index (χ3n) is 2.07. The second-order valence-corrected chi connectivity index (χ2v) is 4.84. The van der Waals surface area contributed by atoms with Crippen molar-refractivity contribution in [2.24, 2.45) is 5.73 Å². The maximum atomic E-state index is 13.3. The van der Waals surface area contributed by atoms with Gasteiger partial charge in [-0.15, -0.1) is 0 Å². The van der Waals surface area contributed by atoms with Crippen LogP contribution in [0, 0.1) is 11.6 Å². The van der Waals surface area contributed by atoms with E-state index in [2.05, 4.69) is 0 Å². The first-order chi connectivity index (χ1) is 7.72. The van der Waals surface area contributed by atoms with E-state index in [-0.39, 0.29) is 0 Å². The molecule has 3 N–H and O–H groups in total. The van der Waals surface area contributed by atoms with E-state index < -0.39 is 44.9 Å². The number of benzene rings is 1. The maximum Gasteiger partial charge on any atom is 0.265 e. The van der Waals surface area contributed by atoms with Crippen molar-refractivity contribution >= 4 is 16.0 Å². The fraction of sp³-hybridized carbons (Fsp3) is 0.222. The van der Waals surface area contributed by atoms with E-state index in [1.165, 1.54) is 0 Å². The quantitative estimate of drug-likeness (QED) is 0.771. The predicted octanol–water partition coefficient (Wildman–Crippen LogP) is 0.421. The Balaban J connectivity index is 3.29. The van der Waals surface area contributed by atoms with Crippen molar-refractivity contribution in [2.75, 3.05) is 5.75 Å². The number of hydrogen-bond donors (Lipinski definition) is 2. The lowest BCUT2D eigenvalue weighted by Gasteiger charge is -2.13. The molecule has 94 valence electrons. The molecule has 0 spiro atoms. The molecule has 1 aromatic rings. The van der Waals surface area contributed by atoms with Crippen molar-refractivity contribution in [1.29, 1.82) is 0 Å². The summed E-state index contributed by atoms with van der Waals surface area (Å²) in [4.78, 5) is 11.0. The number of amides is 1. The van der Waals surface area contributed by atoms with Gasteiger partial charge in [0, 0.05) is 5.56 Å². The van der Waals surface area contributed by atoms with Gasteiger partial charge >= 0.3 is 0 Å². The zero-order valence-electron chi connectivity index (χ0n) is 8.43. The van der Waals surface area contributed by atoms with Crippen molar-refractivity contribution in [3.8, 4) is 0 Å². The molecule has 0 aliphatic rings. The van der Waals surface area contributed by atoms with Crippen molar-refractivity contribution in [1.82, 2.24) is 0 Å². The lowest BCUT2D eigenvalue weighted by Crippen LogP contribution is -2.29. The molecular formula is C9H9F2NO4S. The number of halogens is 2. The molecule has 0 radical (unpaired) electrons. The Morgan fingerprint density at radius 1 is 1.35 bits per heavy atom. The van der Waals surface area contributed by atoms with Crippen LogP contribution in [0.2, 0.25) is 0 Å². The van der Waals surface area contributed by atoms with Crippen LogP contribution in [0.1, 0.15) is 11.5 Å². The third kappa shape index (κ3) is 3.46. The Labute approximate surface area is 96.0 Å².